The SMILES string of the molecule is COc1ncc(C2=CN3C(=O)C(OCCN4CCC(F)CC4)=CNC3C=C2)cc1NS(=O)(=O)c1sc(C)nc1C. The molecule has 14 heteroatoms. The number of aryl methyl sites for hydroxylation is 2. The van der Waals surface area contributed by atoms with Crippen LogP contribution in [0.4, 0.5) is 10.1 Å². The van der Waals surface area contributed by atoms with Gasteiger partial charge in [0.05, 0.1) is 17.8 Å². The van der Waals surface area contributed by atoms with Crippen molar-refractivity contribution in [2.45, 2.75) is 43.2 Å². The molecule has 2 aromatic rings. The number of thiazole rings is 1. The lowest BCUT2D eigenvalue weighted by atomic mass is 10.0. The van der Waals surface area contributed by atoms with Crippen LogP contribution in [0.3, 0.4) is 0 Å². The molecule has 5 rings (SSSR count). The average Bonchev–Trinajstić information content (AvgIpc) is 3.29. The second-order valence-corrected chi connectivity index (χ2v) is 12.7. The van der Waals surface area contributed by atoms with E-state index in [-0.39, 0.29) is 27.4 Å². The summed E-state index contributed by atoms with van der Waals surface area (Å²) in [4.78, 5) is 25.4. The first-order valence-electron chi connectivity index (χ1n) is 12.8. The number of aromatic nitrogens is 2. The summed E-state index contributed by atoms with van der Waals surface area (Å²) in [6.07, 6.45) is 8.33. The minimum Gasteiger partial charge on any atom is -0.485 e. The molecule has 2 aromatic heterocycles. The van der Waals surface area contributed by atoms with Gasteiger partial charge in [0.15, 0.2) is 4.21 Å². The molecule has 5 heterocycles. The van der Waals surface area contributed by atoms with E-state index < -0.39 is 22.4 Å². The molecule has 214 valence electrons. The maximum Gasteiger partial charge on any atom is 0.296 e. The van der Waals surface area contributed by atoms with Crippen molar-refractivity contribution >= 4 is 38.5 Å². The number of amides is 1. The van der Waals surface area contributed by atoms with Gasteiger partial charge < -0.3 is 14.8 Å². The molecule has 1 atom stereocenters. The Labute approximate surface area is 236 Å². The maximum absolute atomic E-state index is 13.4. The predicted octanol–water partition coefficient (Wildman–Crippen LogP) is 2.92. The molecule has 0 aliphatic carbocycles. The summed E-state index contributed by atoms with van der Waals surface area (Å²) >= 11 is 1.08. The summed E-state index contributed by atoms with van der Waals surface area (Å²) < 4.78 is 53.4. The number of carbonyl (C=O) groups is 1. The Kier molecular flexibility index (Phi) is 8.10. The number of halogens is 1. The van der Waals surface area contributed by atoms with Crippen LogP contribution in [0.2, 0.25) is 0 Å². The number of fused-ring (bicyclic) bond motifs is 1. The second kappa shape index (κ2) is 11.6. The molecule has 3 aliphatic heterocycles. The number of likely N-dealkylation sites (tertiary alicyclic amines) is 1. The van der Waals surface area contributed by atoms with E-state index in [0.717, 1.165) is 11.3 Å². The maximum atomic E-state index is 13.4. The molecule has 1 unspecified atom stereocenters. The molecule has 0 aromatic carbocycles. The molecule has 2 N–H and O–H groups in total. The van der Waals surface area contributed by atoms with E-state index in [1.54, 1.807) is 38.5 Å². The van der Waals surface area contributed by atoms with Gasteiger partial charge in [0, 0.05) is 43.8 Å². The number of nitrogens with one attached hydrogen (secondary N) is 2. The van der Waals surface area contributed by atoms with Crippen LogP contribution in [0.1, 0.15) is 29.1 Å². The summed E-state index contributed by atoms with van der Waals surface area (Å²) in [5.41, 5.74) is 1.79. The number of carbonyl (C=O) groups excluding carboxylic acids is 1. The summed E-state index contributed by atoms with van der Waals surface area (Å²) in [6.45, 7) is 5.66. The number of piperidine rings is 1. The largest absolute Gasteiger partial charge is 0.485 e. The van der Waals surface area contributed by atoms with Crippen LogP contribution in [0.15, 0.2) is 46.8 Å². The highest BCUT2D eigenvalue weighted by Gasteiger charge is 2.31. The molecule has 0 radical (unpaired) electrons. The Bertz CT molecular complexity index is 1480. The first-order chi connectivity index (χ1) is 19.1. The van der Waals surface area contributed by atoms with Crippen molar-refractivity contribution in [3.8, 4) is 5.88 Å². The van der Waals surface area contributed by atoms with Gasteiger partial charge in [-0.05, 0) is 44.4 Å². The Morgan fingerprint density at radius 3 is 2.75 bits per heavy atom. The fourth-order valence-corrected chi connectivity index (χ4v) is 7.25. The van der Waals surface area contributed by atoms with Crippen molar-refractivity contribution < 1.29 is 27.1 Å². The van der Waals surface area contributed by atoms with Crippen LogP contribution in [0.5, 0.6) is 5.88 Å². The molecule has 11 nitrogen and oxygen atoms in total. The highest BCUT2D eigenvalue weighted by molar-refractivity contribution is 7.94. The molecule has 40 heavy (non-hydrogen) atoms. The standard InChI is InChI=1S/C26H31FN6O5S2/c1-16-26(39-17(2)30-16)40(35,36)31-21-12-19(13-29-24(21)37-3)18-4-5-23-28-14-22(25(34)33(23)15-18)38-11-10-32-8-6-20(27)7-9-32/h4-5,12-15,20,23,28,31H,6-11H2,1-3H3. The first-order valence-corrected chi connectivity index (χ1v) is 15.1. The van der Waals surface area contributed by atoms with Crippen molar-refractivity contribution in [1.29, 1.82) is 0 Å². The number of pyridine rings is 1. The van der Waals surface area contributed by atoms with E-state index in [9.17, 15) is 17.6 Å². The number of methoxy groups -OCH3 is 1. The predicted molar refractivity (Wildman–Crippen MR) is 149 cm³/mol. The third-order valence-electron chi connectivity index (χ3n) is 6.78. The van der Waals surface area contributed by atoms with Crippen LogP contribution in [0.25, 0.3) is 5.57 Å². The lowest BCUT2D eigenvalue weighted by Crippen LogP contribution is -2.49. The Morgan fingerprint density at radius 2 is 2.05 bits per heavy atom. The lowest BCUT2D eigenvalue weighted by Gasteiger charge is -2.34. The van der Waals surface area contributed by atoms with Crippen LogP contribution < -0.4 is 14.8 Å². The number of allylic oxidation sites excluding steroid dienone is 2. The van der Waals surface area contributed by atoms with Gasteiger partial charge in [0.25, 0.3) is 15.9 Å². The van der Waals surface area contributed by atoms with Gasteiger partial charge in [-0.25, -0.2) is 22.8 Å². The van der Waals surface area contributed by atoms with E-state index in [0.29, 0.717) is 60.9 Å². The molecule has 1 amide bonds. The van der Waals surface area contributed by atoms with Crippen molar-refractivity contribution in [2.75, 3.05) is 38.1 Å². The van der Waals surface area contributed by atoms with Crippen molar-refractivity contribution in [1.82, 2.24) is 25.1 Å². The lowest BCUT2D eigenvalue weighted by molar-refractivity contribution is -0.131. The van der Waals surface area contributed by atoms with Gasteiger partial charge in [0.2, 0.25) is 11.6 Å². The highest BCUT2D eigenvalue weighted by Crippen LogP contribution is 2.32. The zero-order valence-corrected chi connectivity index (χ0v) is 24.0. The molecular weight excluding hydrogens is 559 g/mol. The smallest absolute Gasteiger partial charge is 0.296 e. The molecule has 1 fully saturated rings. The highest BCUT2D eigenvalue weighted by atomic mass is 32.2. The number of rotatable bonds is 9. The van der Waals surface area contributed by atoms with Gasteiger partial charge in [-0.15, -0.1) is 11.3 Å². The number of hydrogen-bond acceptors (Lipinski definition) is 10. The van der Waals surface area contributed by atoms with Gasteiger partial charge in [-0.1, -0.05) is 6.08 Å². The normalized spacial score (nSPS) is 19.9. The quantitative estimate of drug-likeness (QED) is 0.453. The van der Waals surface area contributed by atoms with Gasteiger partial charge in [-0.2, -0.15) is 0 Å². The van der Waals surface area contributed by atoms with E-state index in [1.807, 2.05) is 12.2 Å². The molecular formula is C26H31FN6O5S2. The van der Waals surface area contributed by atoms with Gasteiger partial charge in [0.1, 0.15) is 24.6 Å². The molecule has 0 spiro atoms. The molecule has 1 saturated heterocycles. The third kappa shape index (κ3) is 5.98. The van der Waals surface area contributed by atoms with Crippen LogP contribution in [-0.4, -0.2) is 79.8 Å². The number of sulfonamides is 1. The van der Waals surface area contributed by atoms with Crippen LogP contribution in [0, 0.1) is 13.8 Å². The number of nitrogens with zero attached hydrogens (tertiary/aromatic N) is 4. The third-order valence-corrected chi connectivity index (χ3v) is 9.82. The van der Waals surface area contributed by atoms with Crippen LogP contribution >= 0.6 is 11.3 Å². The van der Waals surface area contributed by atoms with Crippen molar-refractivity contribution in [2.24, 2.45) is 0 Å². The molecule has 0 saturated carbocycles. The fourth-order valence-electron chi connectivity index (χ4n) is 4.71. The second-order valence-electron chi connectivity index (χ2n) is 9.63. The summed E-state index contributed by atoms with van der Waals surface area (Å²) in [5, 5.41) is 3.79. The summed E-state index contributed by atoms with van der Waals surface area (Å²) in [7, 11) is -2.53. The minimum absolute atomic E-state index is 0.106. The molecule has 0 bridgehead atoms. The molecule has 3 aliphatic rings. The van der Waals surface area contributed by atoms with Gasteiger partial charge in [-0.3, -0.25) is 19.3 Å². The topological polar surface area (TPSA) is 126 Å². The number of ether oxygens (including phenoxy) is 2. The van der Waals surface area contributed by atoms with E-state index in [4.69, 9.17) is 9.47 Å². The van der Waals surface area contributed by atoms with Crippen molar-refractivity contribution in [3.63, 3.8) is 0 Å². The Morgan fingerprint density at radius 1 is 1.27 bits per heavy atom. The monoisotopic (exact) mass is 590 g/mol. The first kappa shape index (κ1) is 28.1. The van der Waals surface area contributed by atoms with E-state index in [2.05, 4.69) is 24.9 Å². The Balaban J connectivity index is 1.30. The average molecular weight is 591 g/mol. The number of alkyl halides is 1. The zero-order valence-electron chi connectivity index (χ0n) is 22.4. The number of hydrogen-bond donors (Lipinski definition) is 2. The van der Waals surface area contributed by atoms with Crippen molar-refractivity contribution in [3.05, 3.63) is 58.8 Å². The number of anilines is 1. The Hall–Kier alpha value is -3.49. The summed E-state index contributed by atoms with van der Waals surface area (Å²) in [6, 6.07) is 1.61. The summed E-state index contributed by atoms with van der Waals surface area (Å²) in [5.74, 6) is -0.0277. The minimum atomic E-state index is -3.93. The van der Waals surface area contributed by atoms with Crippen LogP contribution in [-0.2, 0) is 19.6 Å². The zero-order chi connectivity index (χ0) is 28.4. The van der Waals surface area contributed by atoms with E-state index in [1.165, 1.54) is 12.0 Å². The fraction of sp³-hybridized carbons (Fsp3) is 0.423. The van der Waals surface area contributed by atoms with Gasteiger partial charge >= 0.3 is 0 Å². The van der Waals surface area contributed by atoms with E-state index >= 15 is 0 Å².